The number of pyridine rings is 1. The zero-order valence-corrected chi connectivity index (χ0v) is 20.9. The predicted molar refractivity (Wildman–Crippen MR) is 144 cm³/mol. The number of amides is 1. The van der Waals surface area contributed by atoms with Gasteiger partial charge in [0.05, 0.1) is 12.6 Å². The van der Waals surface area contributed by atoms with Gasteiger partial charge in [0.1, 0.15) is 25.5 Å². The normalized spacial score (nSPS) is 12.3. The van der Waals surface area contributed by atoms with Gasteiger partial charge in [-0.1, -0.05) is 19.1 Å². The van der Waals surface area contributed by atoms with Crippen molar-refractivity contribution in [2.75, 3.05) is 31.0 Å². The number of hydrogen-bond acceptors (Lipinski definition) is 6. The average molecular weight is 500 g/mol. The molecule has 0 saturated heterocycles. The fourth-order valence-electron chi connectivity index (χ4n) is 4.33. The molecule has 2 N–H and O–H groups in total. The maximum atomic E-state index is 13.6. The number of ether oxygens (including phenoxy) is 3. The molecule has 0 bridgehead atoms. The van der Waals surface area contributed by atoms with Gasteiger partial charge < -0.3 is 24.8 Å². The van der Waals surface area contributed by atoms with Crippen LogP contribution in [0.4, 0.5) is 11.4 Å². The van der Waals surface area contributed by atoms with Gasteiger partial charge in [-0.05, 0) is 60.5 Å². The van der Waals surface area contributed by atoms with E-state index in [1.807, 2.05) is 24.3 Å². The largest absolute Gasteiger partial charge is 0.497 e. The Balaban J connectivity index is 1.47. The van der Waals surface area contributed by atoms with Gasteiger partial charge in [0.25, 0.3) is 5.56 Å². The molecule has 5 rings (SSSR count). The highest BCUT2D eigenvalue weighted by atomic mass is 16.6. The third kappa shape index (κ3) is 5.38. The molecule has 1 aromatic heterocycles. The lowest BCUT2D eigenvalue weighted by Crippen LogP contribution is -2.31. The van der Waals surface area contributed by atoms with Gasteiger partial charge in [0, 0.05) is 34.9 Å². The number of hydrogen-bond donors (Lipinski definition) is 2. The first-order valence-corrected chi connectivity index (χ1v) is 12.3. The quantitative estimate of drug-likeness (QED) is 0.368. The van der Waals surface area contributed by atoms with E-state index in [0.29, 0.717) is 53.8 Å². The number of fused-ring (bicyclic) bond motifs is 2. The van der Waals surface area contributed by atoms with E-state index in [0.717, 1.165) is 17.5 Å². The number of nitrogens with one attached hydrogen (secondary N) is 2. The summed E-state index contributed by atoms with van der Waals surface area (Å²) in [6, 6.07) is 20.6. The summed E-state index contributed by atoms with van der Waals surface area (Å²) in [6.45, 7) is 3.16. The average Bonchev–Trinajstić information content (AvgIpc) is 2.93. The zero-order chi connectivity index (χ0) is 25.8. The van der Waals surface area contributed by atoms with Crippen LogP contribution in [-0.2, 0) is 24.3 Å². The number of aryl methyl sites for hydroxylation is 1. The van der Waals surface area contributed by atoms with Gasteiger partial charge in [0.2, 0.25) is 5.91 Å². The highest BCUT2D eigenvalue weighted by Crippen LogP contribution is 2.34. The standard InChI is InChI=1S/C29H29N3O5/c1-3-19-4-6-22(7-5-19)30-17-21-14-20-15-26-27(37-13-12-36-26)16-25(20)32(29(21)34)18-28(33)31-23-8-10-24(35-2)11-9-23/h4-11,14-16,30H,3,12-13,17-18H2,1-2H3,(H,31,33). The van der Waals surface area contributed by atoms with E-state index >= 15 is 0 Å². The fraction of sp³-hybridized carbons (Fsp3) is 0.241. The van der Waals surface area contributed by atoms with E-state index in [1.165, 1.54) is 10.1 Å². The Morgan fingerprint density at radius 1 is 0.946 bits per heavy atom. The van der Waals surface area contributed by atoms with Crippen molar-refractivity contribution < 1.29 is 19.0 Å². The summed E-state index contributed by atoms with van der Waals surface area (Å²) < 4.78 is 18.2. The smallest absolute Gasteiger partial charge is 0.256 e. The molecule has 4 aromatic rings. The van der Waals surface area contributed by atoms with Crippen molar-refractivity contribution in [3.63, 3.8) is 0 Å². The molecule has 3 aromatic carbocycles. The Kier molecular flexibility index (Phi) is 6.98. The second kappa shape index (κ2) is 10.7. The van der Waals surface area contributed by atoms with Gasteiger partial charge in [-0.2, -0.15) is 0 Å². The minimum Gasteiger partial charge on any atom is -0.497 e. The van der Waals surface area contributed by atoms with E-state index in [9.17, 15) is 9.59 Å². The molecule has 0 aliphatic carbocycles. The second-order valence-electron chi connectivity index (χ2n) is 8.80. The van der Waals surface area contributed by atoms with Crippen molar-refractivity contribution in [3.05, 3.63) is 88.2 Å². The molecule has 190 valence electrons. The van der Waals surface area contributed by atoms with E-state index in [-0.39, 0.29) is 18.0 Å². The summed E-state index contributed by atoms with van der Waals surface area (Å²) in [6.07, 6.45) is 0.963. The van der Waals surface area contributed by atoms with E-state index in [2.05, 4.69) is 29.7 Å². The highest BCUT2D eigenvalue weighted by molar-refractivity contribution is 5.92. The summed E-state index contributed by atoms with van der Waals surface area (Å²) in [5.74, 6) is 1.56. The molecule has 8 heteroatoms. The van der Waals surface area contributed by atoms with Crippen molar-refractivity contribution >= 4 is 28.2 Å². The lowest BCUT2D eigenvalue weighted by Gasteiger charge is -2.21. The van der Waals surface area contributed by atoms with Crippen LogP contribution >= 0.6 is 0 Å². The lowest BCUT2D eigenvalue weighted by molar-refractivity contribution is -0.116. The van der Waals surface area contributed by atoms with Crippen molar-refractivity contribution in [2.24, 2.45) is 0 Å². The van der Waals surface area contributed by atoms with Crippen molar-refractivity contribution in [2.45, 2.75) is 26.4 Å². The highest BCUT2D eigenvalue weighted by Gasteiger charge is 2.18. The molecule has 2 heterocycles. The summed E-state index contributed by atoms with van der Waals surface area (Å²) in [7, 11) is 1.58. The van der Waals surface area contributed by atoms with Crippen molar-refractivity contribution in [1.29, 1.82) is 0 Å². The summed E-state index contributed by atoms with van der Waals surface area (Å²) in [5.41, 5.74) is 3.68. The number of benzene rings is 3. The van der Waals surface area contributed by atoms with Gasteiger partial charge in [-0.15, -0.1) is 0 Å². The number of carbonyl (C=O) groups excluding carboxylic acids is 1. The van der Waals surface area contributed by atoms with Crippen LogP contribution in [0.5, 0.6) is 17.2 Å². The SMILES string of the molecule is CCc1ccc(NCc2cc3cc4c(cc3n(CC(=O)Nc3ccc(OC)cc3)c2=O)OCCO4)cc1. The van der Waals surface area contributed by atoms with Crippen LogP contribution in [0, 0.1) is 0 Å². The first-order valence-electron chi connectivity index (χ1n) is 12.3. The van der Waals surface area contributed by atoms with Crippen LogP contribution in [0.25, 0.3) is 10.9 Å². The summed E-state index contributed by atoms with van der Waals surface area (Å²) >= 11 is 0. The molecule has 0 unspecified atom stereocenters. The Morgan fingerprint density at radius 3 is 2.30 bits per heavy atom. The minimum atomic E-state index is -0.316. The number of methoxy groups -OCH3 is 1. The first-order chi connectivity index (χ1) is 18.0. The monoisotopic (exact) mass is 499 g/mol. The maximum absolute atomic E-state index is 13.6. The Bertz CT molecular complexity index is 1480. The van der Waals surface area contributed by atoms with Crippen LogP contribution < -0.4 is 30.4 Å². The molecule has 0 spiro atoms. The van der Waals surface area contributed by atoms with Crippen LogP contribution in [-0.4, -0.2) is 30.8 Å². The van der Waals surface area contributed by atoms with E-state index in [1.54, 1.807) is 37.4 Å². The fourth-order valence-corrected chi connectivity index (χ4v) is 4.33. The Labute approximate surface area is 214 Å². The molecule has 37 heavy (non-hydrogen) atoms. The minimum absolute atomic E-state index is 0.153. The topological polar surface area (TPSA) is 90.8 Å². The van der Waals surface area contributed by atoms with Gasteiger partial charge >= 0.3 is 0 Å². The number of nitrogens with zero attached hydrogens (tertiary/aromatic N) is 1. The predicted octanol–water partition coefficient (Wildman–Crippen LogP) is 4.59. The van der Waals surface area contributed by atoms with Gasteiger partial charge in [-0.3, -0.25) is 14.2 Å². The molecular formula is C29H29N3O5. The number of anilines is 2. The van der Waals surface area contributed by atoms with Crippen LogP contribution in [0.2, 0.25) is 0 Å². The summed E-state index contributed by atoms with van der Waals surface area (Å²) in [5, 5.41) is 6.98. The molecule has 0 saturated carbocycles. The van der Waals surface area contributed by atoms with Crippen molar-refractivity contribution in [3.8, 4) is 17.2 Å². The zero-order valence-electron chi connectivity index (χ0n) is 20.9. The maximum Gasteiger partial charge on any atom is 0.256 e. The first kappa shape index (κ1) is 24.2. The molecule has 0 radical (unpaired) electrons. The molecule has 1 aliphatic rings. The van der Waals surface area contributed by atoms with E-state index < -0.39 is 0 Å². The molecule has 0 fully saturated rings. The van der Waals surface area contributed by atoms with E-state index in [4.69, 9.17) is 14.2 Å². The van der Waals surface area contributed by atoms with Crippen molar-refractivity contribution in [1.82, 2.24) is 4.57 Å². The van der Waals surface area contributed by atoms with Crippen LogP contribution in [0.15, 0.2) is 71.5 Å². The number of aromatic nitrogens is 1. The third-order valence-electron chi connectivity index (χ3n) is 6.35. The molecule has 0 atom stereocenters. The second-order valence-corrected chi connectivity index (χ2v) is 8.80. The number of carbonyl (C=O) groups is 1. The molecule has 1 aliphatic heterocycles. The van der Waals surface area contributed by atoms with Gasteiger partial charge in [0.15, 0.2) is 11.5 Å². The number of rotatable bonds is 8. The summed E-state index contributed by atoms with van der Waals surface area (Å²) in [4.78, 5) is 26.6. The molecule has 1 amide bonds. The third-order valence-corrected chi connectivity index (χ3v) is 6.35. The Hall–Kier alpha value is -4.46. The van der Waals surface area contributed by atoms with Gasteiger partial charge in [-0.25, -0.2) is 0 Å². The molecule has 8 nitrogen and oxygen atoms in total. The van der Waals surface area contributed by atoms with Crippen LogP contribution in [0.3, 0.4) is 0 Å². The Morgan fingerprint density at radius 2 is 1.62 bits per heavy atom. The molecular weight excluding hydrogens is 470 g/mol. The van der Waals surface area contributed by atoms with Crippen LogP contribution in [0.1, 0.15) is 18.1 Å². The lowest BCUT2D eigenvalue weighted by atomic mass is 10.1.